The minimum absolute atomic E-state index is 0.156. The Morgan fingerprint density at radius 1 is 1.36 bits per heavy atom. The Morgan fingerprint density at radius 3 is 2.44 bits per heavy atom. The second kappa shape index (κ2) is 6.71. The van der Waals surface area contributed by atoms with Crippen molar-refractivity contribution in [2.45, 2.75) is 70.7 Å². The number of ether oxygens (including phenoxy) is 1. The zero-order valence-corrected chi connectivity index (χ0v) is 16.6. The van der Waals surface area contributed by atoms with Gasteiger partial charge in [0.05, 0.1) is 12.7 Å². The number of hydrogen-bond donors (Lipinski definition) is 2. The summed E-state index contributed by atoms with van der Waals surface area (Å²) in [6.45, 7) is 11.2. The topological polar surface area (TPSA) is 103 Å². The summed E-state index contributed by atoms with van der Waals surface area (Å²) in [6, 6.07) is 0. The predicted octanol–water partition coefficient (Wildman–Crippen LogP) is 0.393. The maximum Gasteiger partial charge on any atom is 0.365 e. The third-order valence-corrected chi connectivity index (χ3v) is 9.32. The molecule has 0 aliphatic carbocycles. The van der Waals surface area contributed by atoms with Crippen LogP contribution in [-0.4, -0.2) is 46.6 Å². The van der Waals surface area contributed by atoms with Gasteiger partial charge in [0.25, 0.3) is 13.9 Å². The van der Waals surface area contributed by atoms with Gasteiger partial charge in [0.15, 0.2) is 0 Å². The van der Waals surface area contributed by atoms with Gasteiger partial charge in [-0.1, -0.05) is 20.8 Å². The summed E-state index contributed by atoms with van der Waals surface area (Å²) in [5, 5.41) is 18.9. The van der Waals surface area contributed by atoms with E-state index >= 15 is 0 Å². The molecule has 9 heteroatoms. The van der Waals surface area contributed by atoms with Gasteiger partial charge in [-0.2, -0.15) is 0 Å². The highest BCUT2D eigenvalue weighted by Crippen LogP contribution is 2.34. The smallest absolute Gasteiger partial charge is 0.365 e. The summed E-state index contributed by atoms with van der Waals surface area (Å²) in [6.07, 6.45) is -0.813. The summed E-state index contributed by atoms with van der Waals surface area (Å²) in [4.78, 5) is 25.3. The Labute approximate surface area is 147 Å². The summed E-state index contributed by atoms with van der Waals surface area (Å²) in [7, 11) is -2.41. The molecule has 1 aromatic rings. The summed E-state index contributed by atoms with van der Waals surface area (Å²) in [5.74, 6) is 0. The van der Waals surface area contributed by atoms with Crippen molar-refractivity contribution in [2.24, 2.45) is 0 Å². The molecule has 0 radical (unpaired) electrons. The largest absolute Gasteiger partial charge is 0.463 e. The average molecular weight is 372 g/mol. The molecule has 1 fully saturated rings. The van der Waals surface area contributed by atoms with Gasteiger partial charge in [-0.05, 0) is 25.1 Å². The van der Waals surface area contributed by atoms with Gasteiger partial charge < -0.3 is 19.5 Å². The zero-order chi connectivity index (χ0) is 19.2. The van der Waals surface area contributed by atoms with Gasteiger partial charge in [0.2, 0.25) is 0 Å². The van der Waals surface area contributed by atoms with Gasteiger partial charge in [0, 0.05) is 18.2 Å². The first kappa shape index (κ1) is 19.9. The molecule has 0 bridgehead atoms. The molecule has 0 amide bonds. The lowest BCUT2D eigenvalue weighted by atomic mass is 10.2. The van der Waals surface area contributed by atoms with Crippen LogP contribution in [0.2, 0.25) is 18.1 Å². The van der Waals surface area contributed by atoms with E-state index in [1.807, 2.05) is 33.9 Å². The second-order valence-electron chi connectivity index (χ2n) is 8.07. The molecule has 142 valence electrons. The fourth-order valence-electron chi connectivity index (χ4n) is 2.37. The Morgan fingerprint density at radius 2 is 1.96 bits per heavy atom. The zero-order valence-electron chi connectivity index (χ0n) is 15.6. The quantitative estimate of drug-likeness (QED) is 0.742. The molecule has 1 aliphatic rings. The number of aliphatic hydroxyl groups excluding tert-OH is 2. The van der Waals surface area contributed by atoms with Crippen molar-refractivity contribution in [3.05, 3.63) is 32.6 Å². The van der Waals surface area contributed by atoms with Crippen LogP contribution in [0.3, 0.4) is 0 Å². The average Bonchev–Trinajstić information content (AvgIpc) is 2.87. The number of aryl methyl sites for hydroxylation is 1. The van der Waals surface area contributed by atoms with Crippen molar-refractivity contribution < 1.29 is 19.5 Å². The monoisotopic (exact) mass is 372 g/mol. The highest BCUT2D eigenvalue weighted by atomic mass is 28.4. The van der Waals surface area contributed by atoms with E-state index in [1.54, 1.807) is 6.92 Å². The van der Waals surface area contributed by atoms with Crippen molar-refractivity contribution in [3.63, 3.8) is 0 Å². The maximum absolute atomic E-state index is 12.8. The van der Waals surface area contributed by atoms with Crippen LogP contribution < -0.4 is 15.8 Å². The number of nitrogens with zero attached hydrogens (tertiary/aromatic N) is 2. The van der Waals surface area contributed by atoms with Crippen molar-refractivity contribution >= 4 is 8.32 Å². The summed E-state index contributed by atoms with van der Waals surface area (Å²) >= 11 is 0. The van der Waals surface area contributed by atoms with Gasteiger partial charge >= 0.3 is 5.69 Å². The van der Waals surface area contributed by atoms with Crippen molar-refractivity contribution in [1.82, 2.24) is 9.30 Å². The molecule has 0 saturated carbocycles. The van der Waals surface area contributed by atoms with Crippen LogP contribution >= 0.6 is 0 Å². The molecule has 1 aliphatic heterocycles. The fourth-order valence-corrected chi connectivity index (χ4v) is 3.26. The van der Waals surface area contributed by atoms with E-state index in [0.29, 0.717) is 5.56 Å². The molecule has 1 saturated heterocycles. The van der Waals surface area contributed by atoms with Crippen molar-refractivity contribution in [3.8, 4) is 0 Å². The Hall–Kier alpha value is -1.42. The van der Waals surface area contributed by atoms with Crippen LogP contribution in [0.15, 0.2) is 15.8 Å². The lowest BCUT2D eigenvalue weighted by molar-refractivity contribution is -0.0474. The second-order valence-corrected chi connectivity index (χ2v) is 12.8. The molecule has 0 unspecified atom stereocenters. The first-order valence-corrected chi connectivity index (χ1v) is 11.3. The highest BCUT2D eigenvalue weighted by Gasteiger charge is 2.41. The molecule has 3 atom stereocenters. The van der Waals surface area contributed by atoms with Crippen LogP contribution in [0, 0.1) is 6.92 Å². The van der Waals surface area contributed by atoms with E-state index in [0.717, 1.165) is 4.73 Å². The minimum Gasteiger partial charge on any atom is -0.463 e. The summed E-state index contributed by atoms with van der Waals surface area (Å²) in [5.41, 5.74) is -0.802. The van der Waals surface area contributed by atoms with E-state index in [-0.39, 0.29) is 18.1 Å². The van der Waals surface area contributed by atoms with Crippen LogP contribution in [0.4, 0.5) is 0 Å². The molecule has 2 N–H and O–H groups in total. The first-order chi connectivity index (χ1) is 11.4. The van der Waals surface area contributed by atoms with E-state index in [9.17, 15) is 19.8 Å². The van der Waals surface area contributed by atoms with Crippen LogP contribution in [0.25, 0.3) is 0 Å². The Bertz CT molecular complexity index is 748. The maximum atomic E-state index is 12.8. The molecule has 8 nitrogen and oxygen atoms in total. The van der Waals surface area contributed by atoms with Gasteiger partial charge in [-0.15, -0.1) is 4.73 Å². The molecule has 2 heterocycles. The van der Waals surface area contributed by atoms with E-state index in [2.05, 4.69) is 0 Å². The summed E-state index contributed by atoms with van der Waals surface area (Å²) < 4.78 is 13.5. The highest BCUT2D eigenvalue weighted by molar-refractivity contribution is 6.74. The van der Waals surface area contributed by atoms with Crippen LogP contribution in [0.1, 0.15) is 39.0 Å². The Kier molecular flexibility index (Phi) is 5.34. The molecule has 0 aromatic carbocycles. The van der Waals surface area contributed by atoms with Gasteiger partial charge in [-0.3, -0.25) is 9.36 Å². The third-order valence-electron chi connectivity index (χ3n) is 5.07. The van der Waals surface area contributed by atoms with Crippen molar-refractivity contribution in [2.75, 3.05) is 6.61 Å². The number of rotatable bonds is 4. The molecule has 25 heavy (non-hydrogen) atoms. The third kappa shape index (κ3) is 3.74. The molecule has 1 aromatic heterocycles. The number of aromatic nitrogens is 2. The lowest BCUT2D eigenvalue weighted by Gasteiger charge is -2.35. The van der Waals surface area contributed by atoms with E-state index in [4.69, 9.17) is 9.26 Å². The van der Waals surface area contributed by atoms with E-state index in [1.165, 1.54) is 10.8 Å². The standard InChI is InChI=1S/C16H28N2O6Si/c1-10-8-17(13-7-11(20)12(9-19)23-13)15(22)18(14(10)21)24-25(5,6)16(2,3)4/h8,11-13,19-20H,7,9H2,1-6H3/t11-,12+,13+/m0/s1. The van der Waals surface area contributed by atoms with Crippen molar-refractivity contribution in [1.29, 1.82) is 0 Å². The SMILES string of the molecule is Cc1cn([C@H]2C[C@H](O)[C@@H](CO)O2)c(=O)n(O[Si](C)(C)C(C)(C)C)c1=O. The lowest BCUT2D eigenvalue weighted by Crippen LogP contribution is -2.56. The molecule has 2 rings (SSSR count). The first-order valence-electron chi connectivity index (χ1n) is 8.37. The van der Waals surface area contributed by atoms with Crippen LogP contribution in [-0.2, 0) is 4.74 Å². The predicted molar refractivity (Wildman–Crippen MR) is 95.1 cm³/mol. The van der Waals surface area contributed by atoms with E-state index < -0.39 is 38.0 Å². The molecule has 0 spiro atoms. The number of aliphatic hydroxyl groups is 2. The Balaban J connectivity index is 2.48. The fraction of sp³-hybridized carbons (Fsp3) is 0.750. The normalized spacial score (nSPS) is 24.6. The van der Waals surface area contributed by atoms with Crippen LogP contribution in [0.5, 0.6) is 0 Å². The molecular weight excluding hydrogens is 344 g/mol. The van der Waals surface area contributed by atoms with Gasteiger partial charge in [0.1, 0.15) is 12.3 Å². The number of hydrogen-bond acceptors (Lipinski definition) is 6. The van der Waals surface area contributed by atoms with Gasteiger partial charge in [-0.25, -0.2) is 4.79 Å². The molecular formula is C16H28N2O6Si. The minimum atomic E-state index is -2.41.